The number of benzene rings is 1. The monoisotopic (exact) mass is 241 g/mol. The van der Waals surface area contributed by atoms with Gasteiger partial charge < -0.3 is 0 Å². The first kappa shape index (κ1) is 10.4. The first-order valence-electron chi connectivity index (χ1n) is 4.29. The average molecular weight is 242 g/mol. The summed E-state index contributed by atoms with van der Waals surface area (Å²) in [7, 11) is -0.645. The third-order valence-electron chi connectivity index (χ3n) is 1.89. The van der Waals surface area contributed by atoms with Gasteiger partial charge in [0.1, 0.15) is 0 Å². The molecular formula is C10H8ClNO2S. The Labute approximate surface area is 94.4 Å². The molecule has 0 aromatic heterocycles. The van der Waals surface area contributed by atoms with E-state index >= 15 is 0 Å². The highest BCUT2D eigenvalue weighted by Crippen LogP contribution is 2.20. The first-order valence-corrected chi connectivity index (χ1v) is 6.12. The van der Waals surface area contributed by atoms with Gasteiger partial charge in [-0.15, -0.1) is 0 Å². The molecule has 1 heterocycles. The van der Waals surface area contributed by atoms with Crippen molar-refractivity contribution in [3.63, 3.8) is 0 Å². The van der Waals surface area contributed by atoms with Crippen LogP contribution < -0.4 is 5.32 Å². The normalized spacial score (nSPS) is 20.7. The molecule has 1 aliphatic rings. The zero-order valence-corrected chi connectivity index (χ0v) is 9.27. The van der Waals surface area contributed by atoms with Crippen molar-refractivity contribution in [2.45, 2.75) is 0 Å². The molecule has 1 aromatic rings. The van der Waals surface area contributed by atoms with E-state index in [1.807, 2.05) is 12.1 Å². The molecule has 1 saturated heterocycles. The quantitative estimate of drug-likeness (QED) is 0.765. The molecular weight excluding hydrogens is 234 g/mol. The second-order valence-corrected chi connectivity index (χ2v) is 5.27. The molecule has 3 nitrogen and oxygen atoms in total. The van der Waals surface area contributed by atoms with Crippen molar-refractivity contribution in [2.24, 2.45) is 0 Å². The second kappa shape index (κ2) is 4.16. The third kappa shape index (κ3) is 2.46. The Bertz CT molecular complexity index is 470. The van der Waals surface area contributed by atoms with Gasteiger partial charge in [-0.3, -0.25) is 14.9 Å². The van der Waals surface area contributed by atoms with Crippen molar-refractivity contribution in [3.8, 4) is 0 Å². The molecule has 0 aliphatic carbocycles. The van der Waals surface area contributed by atoms with Gasteiger partial charge in [-0.2, -0.15) is 0 Å². The van der Waals surface area contributed by atoms with Crippen LogP contribution in [0.2, 0.25) is 5.02 Å². The lowest BCUT2D eigenvalue weighted by atomic mass is 10.2. The molecule has 2 rings (SSSR count). The van der Waals surface area contributed by atoms with Gasteiger partial charge in [0.05, 0.1) is 5.75 Å². The lowest BCUT2D eigenvalue weighted by Gasteiger charge is -1.96. The van der Waals surface area contributed by atoms with E-state index in [4.69, 9.17) is 11.6 Å². The summed E-state index contributed by atoms with van der Waals surface area (Å²) in [5.41, 5.74) is 0.871. The average Bonchev–Trinajstić information content (AvgIpc) is 2.45. The second-order valence-electron chi connectivity index (χ2n) is 3.08. The Morgan fingerprint density at radius 2 is 2.20 bits per heavy atom. The van der Waals surface area contributed by atoms with Crippen LogP contribution in [-0.2, 0) is 4.79 Å². The molecule has 1 unspecified atom stereocenters. The van der Waals surface area contributed by atoms with Crippen LogP contribution in [0.5, 0.6) is 0 Å². The van der Waals surface area contributed by atoms with E-state index in [0.29, 0.717) is 5.02 Å². The van der Waals surface area contributed by atoms with E-state index in [-0.39, 0.29) is 16.9 Å². The van der Waals surface area contributed by atoms with Crippen LogP contribution in [0.25, 0.3) is 0 Å². The lowest BCUT2D eigenvalue weighted by molar-refractivity contribution is -0.117. The Morgan fingerprint density at radius 3 is 2.80 bits per heavy atom. The van der Waals surface area contributed by atoms with E-state index in [0.717, 1.165) is 5.56 Å². The van der Waals surface area contributed by atoms with Crippen molar-refractivity contribution in [1.29, 1.82) is 0 Å². The zero-order chi connectivity index (χ0) is 10.8. The Balaban J connectivity index is 2.31. The molecule has 0 bridgehead atoms. The Hall–Kier alpha value is -1.13. The summed E-state index contributed by atoms with van der Waals surface area (Å²) in [5.74, 6) is 0.0485. The topological polar surface area (TPSA) is 46.2 Å². The fourth-order valence-electron chi connectivity index (χ4n) is 1.26. The van der Waals surface area contributed by atoms with Crippen LogP contribution in [0.1, 0.15) is 5.56 Å². The summed E-state index contributed by atoms with van der Waals surface area (Å²) >= 11 is 5.81. The SMILES string of the molecule is O=C1C/S(=C\c2cccc(Cl)c2)C(=O)N1. The van der Waals surface area contributed by atoms with Gasteiger partial charge in [0.15, 0.2) is 0 Å². The van der Waals surface area contributed by atoms with Crippen LogP contribution in [-0.4, -0.2) is 22.3 Å². The molecule has 15 heavy (non-hydrogen) atoms. The number of carbonyl (C=O) groups excluding carboxylic acids is 2. The summed E-state index contributed by atoms with van der Waals surface area (Å²) in [5, 5.41) is 4.47. The van der Waals surface area contributed by atoms with E-state index < -0.39 is 10.5 Å². The van der Waals surface area contributed by atoms with Gasteiger partial charge in [-0.05, 0) is 23.1 Å². The fourth-order valence-corrected chi connectivity index (χ4v) is 2.86. The van der Waals surface area contributed by atoms with Crippen molar-refractivity contribution in [3.05, 3.63) is 34.9 Å². The van der Waals surface area contributed by atoms with Crippen LogP contribution in [0.15, 0.2) is 24.3 Å². The predicted octanol–water partition coefficient (Wildman–Crippen LogP) is 2.01. The highest BCUT2D eigenvalue weighted by molar-refractivity contribution is 8.28. The van der Waals surface area contributed by atoms with Crippen molar-refractivity contribution in [1.82, 2.24) is 5.32 Å². The van der Waals surface area contributed by atoms with E-state index in [2.05, 4.69) is 5.32 Å². The minimum absolute atomic E-state index is 0.207. The van der Waals surface area contributed by atoms with Crippen molar-refractivity contribution >= 4 is 38.6 Å². The maximum absolute atomic E-state index is 11.3. The standard InChI is InChI=1S/C10H8ClNO2S/c11-8-3-1-2-7(4-8)5-15-6-9(13)12-10(15)14/h1-5H,6H2,(H,12,13,14). The maximum atomic E-state index is 11.3. The van der Waals surface area contributed by atoms with E-state index in [1.165, 1.54) is 0 Å². The number of hydrogen-bond donors (Lipinski definition) is 1. The molecule has 1 aromatic carbocycles. The predicted molar refractivity (Wildman–Crippen MR) is 62.6 cm³/mol. The smallest absolute Gasteiger partial charge is 0.280 e. The molecule has 1 atom stereocenters. The minimum atomic E-state index is -0.645. The molecule has 5 heteroatoms. The van der Waals surface area contributed by atoms with Crippen molar-refractivity contribution in [2.75, 3.05) is 5.75 Å². The molecule has 78 valence electrons. The summed E-state index contributed by atoms with van der Waals surface area (Å²) < 4.78 is 0. The molecule has 1 aliphatic heterocycles. The molecule has 0 spiro atoms. The highest BCUT2D eigenvalue weighted by Gasteiger charge is 2.22. The summed E-state index contributed by atoms with van der Waals surface area (Å²) in [6.07, 6.45) is 0. The molecule has 1 fully saturated rings. The lowest BCUT2D eigenvalue weighted by Crippen LogP contribution is -2.18. The number of nitrogens with one attached hydrogen (secondary N) is 1. The van der Waals surface area contributed by atoms with Crippen molar-refractivity contribution < 1.29 is 9.59 Å². The zero-order valence-electron chi connectivity index (χ0n) is 7.70. The number of rotatable bonds is 1. The largest absolute Gasteiger partial charge is 0.287 e. The number of hydrogen-bond acceptors (Lipinski definition) is 2. The van der Waals surface area contributed by atoms with Gasteiger partial charge >= 0.3 is 0 Å². The van der Waals surface area contributed by atoms with Gasteiger partial charge in [-0.1, -0.05) is 34.2 Å². The van der Waals surface area contributed by atoms with E-state index in [1.54, 1.807) is 17.5 Å². The number of halogens is 1. The van der Waals surface area contributed by atoms with Crippen LogP contribution in [0.4, 0.5) is 4.79 Å². The van der Waals surface area contributed by atoms with Crippen LogP contribution in [0.3, 0.4) is 0 Å². The van der Waals surface area contributed by atoms with Gasteiger partial charge in [0.25, 0.3) is 5.24 Å². The van der Waals surface area contributed by atoms with Crippen LogP contribution >= 0.6 is 22.1 Å². The molecule has 0 saturated carbocycles. The fraction of sp³-hybridized carbons (Fsp3) is 0.100. The number of imide groups is 1. The minimum Gasteiger partial charge on any atom is -0.287 e. The molecule has 2 amide bonds. The highest BCUT2D eigenvalue weighted by atomic mass is 35.5. The number of carbonyl (C=O) groups is 2. The Morgan fingerprint density at radius 1 is 1.40 bits per heavy atom. The Kier molecular flexibility index (Phi) is 2.88. The first-order chi connectivity index (χ1) is 7.15. The summed E-state index contributed by atoms with van der Waals surface area (Å²) in [4.78, 5) is 22.2. The van der Waals surface area contributed by atoms with Crippen LogP contribution in [0, 0.1) is 0 Å². The van der Waals surface area contributed by atoms with Gasteiger partial charge in [0, 0.05) is 5.02 Å². The third-order valence-corrected chi connectivity index (χ3v) is 3.84. The molecule has 1 N–H and O–H groups in total. The van der Waals surface area contributed by atoms with Gasteiger partial charge in [-0.25, -0.2) is 0 Å². The van der Waals surface area contributed by atoms with Gasteiger partial charge in [0.2, 0.25) is 5.91 Å². The number of amides is 2. The summed E-state index contributed by atoms with van der Waals surface area (Å²) in [6, 6.07) is 7.20. The maximum Gasteiger partial charge on any atom is 0.280 e. The molecule has 0 radical (unpaired) electrons. The van der Waals surface area contributed by atoms with E-state index in [9.17, 15) is 9.59 Å². The summed E-state index contributed by atoms with van der Waals surface area (Å²) in [6.45, 7) is 0.